The Morgan fingerprint density at radius 3 is 2.65 bits per heavy atom. The topological polar surface area (TPSA) is 53.4 Å². The van der Waals surface area contributed by atoms with E-state index in [1.165, 1.54) is 28.8 Å². The minimum atomic E-state index is -0.216. The zero-order chi connectivity index (χ0) is 18.3. The van der Waals surface area contributed by atoms with Crippen LogP contribution in [0.15, 0.2) is 59.5 Å². The average Bonchev–Trinajstić information content (AvgIpc) is 2.90. The predicted molar refractivity (Wildman–Crippen MR) is 111 cm³/mol. The number of phenolic OH excluding ortho intramolecular Hbond substituents is 1. The first kappa shape index (κ1) is 17.0. The van der Waals surface area contributed by atoms with Crippen molar-refractivity contribution in [1.29, 1.82) is 0 Å². The van der Waals surface area contributed by atoms with Gasteiger partial charge in [-0.25, -0.2) is 4.98 Å². The molecule has 0 saturated carbocycles. The number of aromatic nitrogens is 1. The van der Waals surface area contributed by atoms with Gasteiger partial charge in [-0.15, -0.1) is 0 Å². The fourth-order valence-corrected chi connectivity index (χ4v) is 4.14. The van der Waals surface area contributed by atoms with Crippen molar-refractivity contribution < 1.29 is 9.90 Å². The summed E-state index contributed by atoms with van der Waals surface area (Å²) in [5.74, 6) is -0.0845. The number of anilines is 1. The number of carbonyl (C=O) groups excluding carboxylic acids is 1. The van der Waals surface area contributed by atoms with E-state index >= 15 is 0 Å². The number of phenols is 1. The monoisotopic (exact) mass is 398 g/mol. The van der Waals surface area contributed by atoms with E-state index in [0.29, 0.717) is 31.1 Å². The number of benzene rings is 2. The molecule has 26 heavy (non-hydrogen) atoms. The van der Waals surface area contributed by atoms with Gasteiger partial charge in [0, 0.05) is 5.39 Å². The van der Waals surface area contributed by atoms with E-state index < -0.39 is 0 Å². The van der Waals surface area contributed by atoms with Gasteiger partial charge < -0.3 is 5.11 Å². The van der Waals surface area contributed by atoms with Gasteiger partial charge in [-0.1, -0.05) is 53.8 Å². The first-order valence-corrected chi connectivity index (χ1v) is 9.25. The summed E-state index contributed by atoms with van der Waals surface area (Å²) in [5.41, 5.74) is 1.94. The summed E-state index contributed by atoms with van der Waals surface area (Å²) in [5, 5.41) is 10.9. The molecule has 1 N–H and O–H groups in total. The molecule has 3 aromatic rings. The van der Waals surface area contributed by atoms with Crippen LogP contribution in [0.2, 0.25) is 5.02 Å². The fraction of sp³-hybridized carbons (Fsp3) is 0. The van der Waals surface area contributed by atoms with Crippen molar-refractivity contribution >= 4 is 68.5 Å². The number of para-hydroxylation sites is 1. The molecule has 2 aromatic carbocycles. The largest absolute Gasteiger partial charge is 0.508 e. The number of hydrogen-bond acceptors (Lipinski definition) is 5. The Morgan fingerprint density at radius 2 is 1.88 bits per heavy atom. The first-order chi connectivity index (χ1) is 12.5. The van der Waals surface area contributed by atoms with Gasteiger partial charge in [0.1, 0.15) is 5.75 Å². The lowest BCUT2D eigenvalue weighted by Gasteiger charge is -2.14. The standard InChI is InChI=1S/C19H11ClN2O2S2/c20-15-3-1-2-11-4-5-12(21-17(11)15)10-16-18(24)22(19(25)26-16)13-6-8-14(23)9-7-13/h1-10,23H/b16-10+. The van der Waals surface area contributed by atoms with Crippen LogP contribution in [0.25, 0.3) is 17.0 Å². The van der Waals surface area contributed by atoms with E-state index in [2.05, 4.69) is 4.98 Å². The zero-order valence-electron chi connectivity index (χ0n) is 13.2. The van der Waals surface area contributed by atoms with Crippen molar-refractivity contribution in [3.8, 4) is 5.75 Å². The Labute approximate surface area is 164 Å². The molecular weight excluding hydrogens is 388 g/mol. The maximum absolute atomic E-state index is 12.8. The van der Waals surface area contributed by atoms with Crippen LogP contribution in [0.4, 0.5) is 5.69 Å². The highest BCUT2D eigenvalue weighted by atomic mass is 35.5. The van der Waals surface area contributed by atoms with Gasteiger partial charge in [-0.3, -0.25) is 9.69 Å². The molecule has 1 saturated heterocycles. The molecule has 4 rings (SSSR count). The molecule has 7 heteroatoms. The van der Waals surface area contributed by atoms with Crippen molar-refractivity contribution in [2.75, 3.05) is 4.90 Å². The third-order valence-corrected chi connectivity index (χ3v) is 5.48. The lowest BCUT2D eigenvalue weighted by Crippen LogP contribution is -2.27. The number of aromatic hydroxyl groups is 1. The van der Waals surface area contributed by atoms with Crippen molar-refractivity contribution in [2.45, 2.75) is 0 Å². The SMILES string of the molecule is O=C1/C(=C\c2ccc3cccc(Cl)c3n2)SC(=S)N1c1ccc(O)cc1. The summed E-state index contributed by atoms with van der Waals surface area (Å²) >= 11 is 12.8. The number of amides is 1. The average molecular weight is 399 g/mol. The molecule has 1 amide bonds. The van der Waals surface area contributed by atoms with E-state index in [9.17, 15) is 9.90 Å². The summed E-state index contributed by atoms with van der Waals surface area (Å²) in [6, 6.07) is 15.7. The normalized spacial score (nSPS) is 16.0. The molecule has 2 heterocycles. The zero-order valence-corrected chi connectivity index (χ0v) is 15.6. The third kappa shape index (κ3) is 3.07. The number of halogens is 1. The Hall–Kier alpha value is -2.41. The number of carbonyl (C=O) groups is 1. The van der Waals surface area contributed by atoms with Gasteiger partial charge in [0.25, 0.3) is 5.91 Å². The molecular formula is C19H11ClN2O2S2. The number of thiocarbonyl (C=S) groups is 1. The molecule has 1 fully saturated rings. The summed E-state index contributed by atoms with van der Waals surface area (Å²) in [7, 11) is 0. The maximum Gasteiger partial charge on any atom is 0.270 e. The third-order valence-electron chi connectivity index (χ3n) is 3.87. The van der Waals surface area contributed by atoms with Crippen molar-refractivity contribution in [3.63, 3.8) is 0 Å². The number of rotatable bonds is 2. The molecule has 1 aliphatic rings. The van der Waals surface area contributed by atoms with Crippen molar-refractivity contribution in [1.82, 2.24) is 4.98 Å². The number of nitrogens with zero attached hydrogens (tertiary/aromatic N) is 2. The van der Waals surface area contributed by atoms with Gasteiger partial charge in [-0.05, 0) is 42.5 Å². The van der Waals surface area contributed by atoms with E-state index in [1.807, 2.05) is 24.3 Å². The lowest BCUT2D eigenvalue weighted by atomic mass is 10.2. The Kier molecular flexibility index (Phi) is 4.40. The van der Waals surface area contributed by atoms with Crippen LogP contribution in [0, 0.1) is 0 Å². The second kappa shape index (κ2) is 6.72. The van der Waals surface area contributed by atoms with Crippen LogP contribution in [-0.4, -0.2) is 20.3 Å². The first-order valence-electron chi connectivity index (χ1n) is 7.65. The quantitative estimate of drug-likeness (QED) is 0.486. The maximum atomic E-state index is 12.8. The van der Waals surface area contributed by atoms with Crippen LogP contribution in [0.5, 0.6) is 5.75 Å². The van der Waals surface area contributed by atoms with Crippen LogP contribution in [0.1, 0.15) is 5.69 Å². The molecule has 4 nitrogen and oxygen atoms in total. The number of fused-ring (bicyclic) bond motifs is 1. The van der Waals surface area contributed by atoms with E-state index in [0.717, 1.165) is 5.39 Å². The highest BCUT2D eigenvalue weighted by Gasteiger charge is 2.33. The number of thioether (sulfide) groups is 1. The highest BCUT2D eigenvalue weighted by Crippen LogP contribution is 2.36. The Bertz CT molecular complexity index is 1080. The van der Waals surface area contributed by atoms with Crippen LogP contribution < -0.4 is 4.90 Å². The molecule has 0 atom stereocenters. The van der Waals surface area contributed by atoms with Gasteiger partial charge >= 0.3 is 0 Å². The summed E-state index contributed by atoms with van der Waals surface area (Å²) in [6.45, 7) is 0. The molecule has 1 aliphatic heterocycles. The molecule has 0 radical (unpaired) electrons. The van der Waals surface area contributed by atoms with E-state index in [1.54, 1.807) is 24.3 Å². The van der Waals surface area contributed by atoms with Crippen LogP contribution >= 0.6 is 35.6 Å². The predicted octanol–water partition coefficient (Wildman–Crippen LogP) is 5.00. The van der Waals surface area contributed by atoms with Gasteiger partial charge in [0.2, 0.25) is 0 Å². The van der Waals surface area contributed by atoms with E-state index in [-0.39, 0.29) is 11.7 Å². The smallest absolute Gasteiger partial charge is 0.270 e. The van der Waals surface area contributed by atoms with E-state index in [4.69, 9.17) is 23.8 Å². The Balaban J connectivity index is 1.70. The minimum absolute atomic E-state index is 0.131. The molecule has 0 spiro atoms. The number of hydrogen-bond donors (Lipinski definition) is 1. The fourth-order valence-electron chi connectivity index (χ4n) is 2.63. The Morgan fingerprint density at radius 1 is 1.12 bits per heavy atom. The lowest BCUT2D eigenvalue weighted by molar-refractivity contribution is -0.113. The van der Waals surface area contributed by atoms with Gasteiger partial charge in [0.05, 0.1) is 26.8 Å². The van der Waals surface area contributed by atoms with Crippen molar-refractivity contribution in [2.24, 2.45) is 0 Å². The second-order valence-corrected chi connectivity index (χ2v) is 7.66. The van der Waals surface area contributed by atoms with Crippen LogP contribution in [0.3, 0.4) is 0 Å². The summed E-state index contributed by atoms with van der Waals surface area (Å²) < 4.78 is 0.436. The summed E-state index contributed by atoms with van der Waals surface area (Å²) in [6.07, 6.45) is 1.71. The highest BCUT2D eigenvalue weighted by molar-refractivity contribution is 8.27. The van der Waals surface area contributed by atoms with Crippen LogP contribution in [-0.2, 0) is 4.79 Å². The second-order valence-electron chi connectivity index (χ2n) is 5.58. The molecule has 0 aliphatic carbocycles. The van der Waals surface area contributed by atoms with Gasteiger partial charge in [0.15, 0.2) is 4.32 Å². The van der Waals surface area contributed by atoms with Crippen molar-refractivity contribution in [3.05, 3.63) is 70.2 Å². The van der Waals surface area contributed by atoms with Gasteiger partial charge in [-0.2, -0.15) is 0 Å². The summed E-state index contributed by atoms with van der Waals surface area (Å²) in [4.78, 5) is 19.2. The molecule has 0 unspecified atom stereocenters. The number of pyridine rings is 1. The molecule has 128 valence electrons. The molecule has 0 bridgehead atoms. The minimum Gasteiger partial charge on any atom is -0.508 e. The molecule has 1 aromatic heterocycles.